The van der Waals surface area contributed by atoms with Crippen molar-refractivity contribution in [3.05, 3.63) is 71.9 Å². The fourth-order valence-corrected chi connectivity index (χ4v) is 2.04. The number of pyridine rings is 1. The highest BCUT2D eigenvalue weighted by atomic mass is 16.3. The van der Waals surface area contributed by atoms with Gasteiger partial charge >= 0.3 is 0 Å². The number of aliphatic hydroxyl groups is 1. The maximum absolute atomic E-state index is 10.1. The molecule has 0 saturated carbocycles. The molecule has 98 valence electrons. The van der Waals surface area contributed by atoms with E-state index in [4.69, 9.17) is 5.73 Å². The zero-order valence-electron chi connectivity index (χ0n) is 10.8. The first-order valence-electron chi connectivity index (χ1n) is 6.35. The monoisotopic (exact) mass is 262 g/mol. The average molecular weight is 262 g/mol. The van der Waals surface area contributed by atoms with Crippen LogP contribution in [0.2, 0.25) is 0 Å². The van der Waals surface area contributed by atoms with Crippen LogP contribution in [0.5, 0.6) is 0 Å². The Morgan fingerprint density at radius 3 is 2.50 bits per heavy atom. The highest BCUT2D eigenvalue weighted by Crippen LogP contribution is 2.18. The normalized spacial score (nSPS) is 11.7. The van der Waals surface area contributed by atoms with Crippen LogP contribution in [0.1, 0.15) is 11.3 Å². The van der Waals surface area contributed by atoms with Crippen LogP contribution in [0, 0.1) is 0 Å². The van der Waals surface area contributed by atoms with E-state index < -0.39 is 0 Å². The van der Waals surface area contributed by atoms with Gasteiger partial charge in [-0.3, -0.25) is 0 Å². The highest BCUT2D eigenvalue weighted by Gasteiger charge is 2.01. The summed E-state index contributed by atoms with van der Waals surface area (Å²) in [4.78, 5) is 4.50. The number of nitrogen functional groups attached to an aromatic ring is 1. The zero-order valence-corrected chi connectivity index (χ0v) is 10.8. The molecule has 0 bridgehead atoms. The van der Waals surface area contributed by atoms with Gasteiger partial charge in [-0.05, 0) is 36.4 Å². The number of benzene rings is 2. The van der Waals surface area contributed by atoms with Gasteiger partial charge in [0.05, 0.1) is 11.2 Å². The third-order valence-electron chi connectivity index (χ3n) is 3.11. The van der Waals surface area contributed by atoms with E-state index in [-0.39, 0.29) is 5.76 Å². The zero-order chi connectivity index (χ0) is 13.9. The van der Waals surface area contributed by atoms with Crippen LogP contribution in [0.4, 0.5) is 5.69 Å². The number of hydrogen-bond donors (Lipinski definition) is 2. The Hall–Kier alpha value is -2.81. The summed E-state index contributed by atoms with van der Waals surface area (Å²) in [5, 5.41) is 11.2. The molecular formula is C17H14N2O. The summed E-state index contributed by atoms with van der Waals surface area (Å²) in [6.45, 7) is 0. The second kappa shape index (κ2) is 5.05. The number of nitrogens with zero attached hydrogens (tertiary/aromatic N) is 1. The molecule has 3 rings (SSSR count). The molecule has 0 aliphatic carbocycles. The minimum atomic E-state index is 0.174. The summed E-state index contributed by atoms with van der Waals surface area (Å²) in [5.41, 5.74) is 8.65. The molecule has 1 aromatic heterocycles. The number of hydrogen-bond acceptors (Lipinski definition) is 3. The van der Waals surface area contributed by atoms with E-state index in [2.05, 4.69) is 4.98 Å². The van der Waals surface area contributed by atoms with Gasteiger partial charge in [0.15, 0.2) is 0 Å². The second-order valence-corrected chi connectivity index (χ2v) is 4.58. The Kier molecular flexibility index (Phi) is 3.09. The predicted octanol–water partition coefficient (Wildman–Crippen LogP) is 3.87. The Morgan fingerprint density at radius 2 is 1.70 bits per heavy atom. The molecule has 0 spiro atoms. The van der Waals surface area contributed by atoms with Gasteiger partial charge in [-0.1, -0.05) is 24.3 Å². The van der Waals surface area contributed by atoms with Crippen molar-refractivity contribution in [1.29, 1.82) is 0 Å². The standard InChI is InChI=1S/C17H14N2O/c18-14-8-5-13(6-9-14)17(20)11-15-10-7-12-3-1-2-4-16(12)19-15/h1-11,20H,18H2/b17-11-. The minimum Gasteiger partial charge on any atom is -0.507 e. The van der Waals surface area contributed by atoms with Crippen LogP contribution in [0.3, 0.4) is 0 Å². The lowest BCUT2D eigenvalue weighted by Gasteiger charge is -2.02. The Balaban J connectivity index is 1.98. The molecule has 0 atom stereocenters. The maximum atomic E-state index is 10.1. The van der Waals surface area contributed by atoms with Gasteiger partial charge in [0, 0.05) is 22.7 Å². The average Bonchev–Trinajstić information content (AvgIpc) is 2.48. The smallest absolute Gasteiger partial charge is 0.124 e. The number of rotatable bonds is 2. The fraction of sp³-hybridized carbons (Fsp3) is 0. The van der Waals surface area contributed by atoms with Gasteiger partial charge in [-0.15, -0.1) is 0 Å². The molecule has 1 heterocycles. The van der Waals surface area contributed by atoms with Crippen molar-refractivity contribution in [3.63, 3.8) is 0 Å². The number of anilines is 1. The number of aromatic nitrogens is 1. The largest absolute Gasteiger partial charge is 0.507 e. The van der Waals surface area contributed by atoms with Crippen molar-refractivity contribution in [2.24, 2.45) is 0 Å². The lowest BCUT2D eigenvalue weighted by molar-refractivity contribution is 0.515. The fourth-order valence-electron chi connectivity index (χ4n) is 2.04. The highest BCUT2D eigenvalue weighted by molar-refractivity contribution is 5.82. The van der Waals surface area contributed by atoms with E-state index in [0.717, 1.165) is 16.6 Å². The predicted molar refractivity (Wildman–Crippen MR) is 83.1 cm³/mol. The van der Waals surface area contributed by atoms with Crippen LogP contribution in [-0.4, -0.2) is 10.1 Å². The van der Waals surface area contributed by atoms with E-state index in [0.29, 0.717) is 11.3 Å². The lowest BCUT2D eigenvalue weighted by atomic mass is 10.1. The third kappa shape index (κ3) is 2.47. The van der Waals surface area contributed by atoms with Crippen molar-refractivity contribution in [1.82, 2.24) is 4.98 Å². The quantitative estimate of drug-likeness (QED) is 0.544. The second-order valence-electron chi connectivity index (χ2n) is 4.58. The van der Waals surface area contributed by atoms with Gasteiger partial charge < -0.3 is 10.8 Å². The topological polar surface area (TPSA) is 59.1 Å². The first-order chi connectivity index (χ1) is 9.72. The van der Waals surface area contributed by atoms with Crippen molar-refractivity contribution in [2.75, 3.05) is 5.73 Å². The van der Waals surface area contributed by atoms with Crippen LogP contribution in [-0.2, 0) is 0 Å². The molecule has 3 N–H and O–H groups in total. The number of fused-ring (bicyclic) bond motifs is 1. The maximum Gasteiger partial charge on any atom is 0.124 e. The molecule has 0 unspecified atom stereocenters. The van der Waals surface area contributed by atoms with E-state index in [1.807, 2.05) is 36.4 Å². The van der Waals surface area contributed by atoms with Gasteiger partial charge in [-0.2, -0.15) is 0 Å². The Morgan fingerprint density at radius 1 is 0.950 bits per heavy atom. The number of para-hydroxylation sites is 1. The summed E-state index contributed by atoms with van der Waals surface area (Å²) in [5.74, 6) is 0.174. The SMILES string of the molecule is Nc1ccc(/C(O)=C/c2ccc3ccccc3n2)cc1. The molecule has 3 aromatic rings. The molecule has 3 nitrogen and oxygen atoms in total. The lowest BCUT2D eigenvalue weighted by Crippen LogP contribution is -1.88. The molecule has 0 aliphatic heterocycles. The van der Waals surface area contributed by atoms with Crippen LogP contribution in [0.15, 0.2) is 60.7 Å². The molecule has 0 amide bonds. The van der Waals surface area contributed by atoms with Crippen molar-refractivity contribution < 1.29 is 5.11 Å². The molecule has 0 saturated heterocycles. The molecule has 0 radical (unpaired) electrons. The third-order valence-corrected chi connectivity index (χ3v) is 3.11. The van der Waals surface area contributed by atoms with Gasteiger partial charge in [-0.25, -0.2) is 4.98 Å². The van der Waals surface area contributed by atoms with E-state index in [9.17, 15) is 5.11 Å². The number of aliphatic hydroxyl groups excluding tert-OH is 1. The van der Waals surface area contributed by atoms with Gasteiger partial charge in [0.25, 0.3) is 0 Å². The minimum absolute atomic E-state index is 0.174. The van der Waals surface area contributed by atoms with Gasteiger partial charge in [0.1, 0.15) is 5.76 Å². The summed E-state index contributed by atoms with van der Waals surface area (Å²) in [7, 11) is 0. The molecule has 20 heavy (non-hydrogen) atoms. The molecule has 0 fully saturated rings. The number of nitrogens with two attached hydrogens (primary N) is 1. The summed E-state index contributed by atoms with van der Waals surface area (Å²) in [6.07, 6.45) is 1.65. The van der Waals surface area contributed by atoms with Crippen molar-refractivity contribution >= 4 is 28.4 Å². The van der Waals surface area contributed by atoms with Crippen LogP contribution < -0.4 is 5.73 Å². The molecule has 0 aliphatic rings. The first kappa shape index (κ1) is 12.2. The van der Waals surface area contributed by atoms with E-state index in [1.165, 1.54) is 0 Å². The first-order valence-corrected chi connectivity index (χ1v) is 6.35. The van der Waals surface area contributed by atoms with E-state index in [1.54, 1.807) is 30.3 Å². The summed E-state index contributed by atoms with van der Waals surface area (Å²) < 4.78 is 0. The molecular weight excluding hydrogens is 248 g/mol. The van der Waals surface area contributed by atoms with Crippen LogP contribution in [0.25, 0.3) is 22.7 Å². The molecule has 2 aromatic carbocycles. The summed E-state index contributed by atoms with van der Waals surface area (Å²) in [6, 6.07) is 18.8. The van der Waals surface area contributed by atoms with Crippen molar-refractivity contribution in [3.8, 4) is 0 Å². The van der Waals surface area contributed by atoms with E-state index >= 15 is 0 Å². The summed E-state index contributed by atoms with van der Waals surface area (Å²) >= 11 is 0. The van der Waals surface area contributed by atoms with Crippen LogP contribution >= 0.6 is 0 Å². The molecule has 3 heteroatoms. The Bertz CT molecular complexity index is 776. The van der Waals surface area contributed by atoms with Gasteiger partial charge in [0.2, 0.25) is 0 Å². The Labute approximate surface area is 117 Å². The van der Waals surface area contributed by atoms with Crippen molar-refractivity contribution in [2.45, 2.75) is 0 Å².